The van der Waals surface area contributed by atoms with Crippen LogP contribution in [-0.4, -0.2) is 29.9 Å². The average molecular weight is 416 g/mol. The quantitative estimate of drug-likeness (QED) is 0.627. The summed E-state index contributed by atoms with van der Waals surface area (Å²) in [7, 11) is 2.98. The number of unbranched alkanes of at least 4 members (excludes halogenated alkanes) is 1. The number of rotatable bonds is 7. The first-order chi connectivity index (χ1) is 14.0. The van der Waals surface area contributed by atoms with Crippen LogP contribution in [0.5, 0.6) is 11.5 Å². The minimum atomic E-state index is -0.467. The summed E-state index contributed by atoms with van der Waals surface area (Å²) in [6.45, 7) is 2.47. The lowest BCUT2D eigenvalue weighted by molar-refractivity contribution is 0.102. The van der Waals surface area contributed by atoms with Gasteiger partial charge in [-0.2, -0.15) is 5.10 Å². The number of anilines is 1. The molecule has 1 amide bonds. The summed E-state index contributed by atoms with van der Waals surface area (Å²) >= 11 is 6.19. The first-order valence-electron chi connectivity index (χ1n) is 9.22. The molecule has 7 nitrogen and oxygen atoms in total. The summed E-state index contributed by atoms with van der Waals surface area (Å²) in [5, 5.41) is 8.39. The molecule has 0 aliphatic rings. The Morgan fingerprint density at radius 1 is 1.14 bits per heavy atom. The minimum absolute atomic E-state index is 0.158. The molecule has 3 rings (SSSR count). The van der Waals surface area contributed by atoms with Crippen LogP contribution in [0.25, 0.3) is 10.8 Å². The van der Waals surface area contributed by atoms with Crippen molar-refractivity contribution in [3.05, 3.63) is 57.5 Å². The van der Waals surface area contributed by atoms with Crippen LogP contribution in [0.3, 0.4) is 0 Å². The van der Waals surface area contributed by atoms with E-state index in [-0.39, 0.29) is 11.3 Å². The number of fused-ring (bicyclic) bond motifs is 1. The van der Waals surface area contributed by atoms with Gasteiger partial charge >= 0.3 is 0 Å². The highest BCUT2D eigenvalue weighted by atomic mass is 35.5. The summed E-state index contributed by atoms with van der Waals surface area (Å²) in [6.07, 6.45) is 1.69. The number of ether oxygens (including phenoxy) is 2. The molecule has 0 radical (unpaired) electrons. The maximum Gasteiger partial charge on any atom is 0.276 e. The molecule has 0 bridgehead atoms. The first kappa shape index (κ1) is 20.7. The zero-order valence-corrected chi connectivity index (χ0v) is 17.2. The number of nitrogens with one attached hydrogen (secondary N) is 1. The van der Waals surface area contributed by atoms with E-state index in [0.29, 0.717) is 39.5 Å². The van der Waals surface area contributed by atoms with Crippen LogP contribution in [0.1, 0.15) is 30.3 Å². The molecule has 1 N–H and O–H groups in total. The van der Waals surface area contributed by atoms with Crippen molar-refractivity contribution in [3.63, 3.8) is 0 Å². The van der Waals surface area contributed by atoms with Gasteiger partial charge in [0.15, 0.2) is 5.69 Å². The minimum Gasteiger partial charge on any atom is -0.495 e. The van der Waals surface area contributed by atoms with Crippen molar-refractivity contribution in [2.45, 2.75) is 26.3 Å². The van der Waals surface area contributed by atoms with Gasteiger partial charge in [0, 0.05) is 18.0 Å². The van der Waals surface area contributed by atoms with Crippen molar-refractivity contribution < 1.29 is 14.3 Å². The maximum absolute atomic E-state index is 13.1. The largest absolute Gasteiger partial charge is 0.495 e. The fourth-order valence-corrected chi connectivity index (χ4v) is 3.24. The monoisotopic (exact) mass is 415 g/mol. The zero-order chi connectivity index (χ0) is 21.0. The van der Waals surface area contributed by atoms with Crippen LogP contribution >= 0.6 is 11.6 Å². The summed E-state index contributed by atoms with van der Waals surface area (Å²) in [6, 6.07) is 10.1. The van der Waals surface area contributed by atoms with E-state index in [2.05, 4.69) is 10.4 Å². The van der Waals surface area contributed by atoms with Gasteiger partial charge in [0.1, 0.15) is 11.5 Å². The zero-order valence-electron chi connectivity index (χ0n) is 16.5. The molecule has 0 unspecified atom stereocenters. The Balaban J connectivity index is 2.07. The molecule has 8 heteroatoms. The van der Waals surface area contributed by atoms with Crippen LogP contribution in [0.15, 0.2) is 41.2 Å². The van der Waals surface area contributed by atoms with Gasteiger partial charge < -0.3 is 14.8 Å². The van der Waals surface area contributed by atoms with E-state index in [1.807, 2.05) is 6.92 Å². The summed E-state index contributed by atoms with van der Waals surface area (Å²) in [4.78, 5) is 25.8. The van der Waals surface area contributed by atoms with Crippen LogP contribution in [0.4, 0.5) is 5.69 Å². The highest BCUT2D eigenvalue weighted by Gasteiger charge is 2.19. The summed E-state index contributed by atoms with van der Waals surface area (Å²) in [5.41, 5.74) is 0.321. The number of hydrogen-bond donors (Lipinski definition) is 1. The number of carbonyl (C=O) groups excluding carboxylic acids is 1. The Morgan fingerprint density at radius 3 is 2.48 bits per heavy atom. The predicted molar refractivity (Wildman–Crippen MR) is 113 cm³/mol. The normalized spacial score (nSPS) is 10.8. The number of halogens is 1. The number of hydrogen-bond acceptors (Lipinski definition) is 5. The third kappa shape index (κ3) is 4.19. The second-order valence-electron chi connectivity index (χ2n) is 6.42. The molecule has 1 heterocycles. The van der Waals surface area contributed by atoms with Gasteiger partial charge in [-0.3, -0.25) is 9.59 Å². The number of methoxy groups -OCH3 is 2. The number of nitrogens with zero attached hydrogens (tertiary/aromatic N) is 2. The highest BCUT2D eigenvalue weighted by Crippen LogP contribution is 2.36. The van der Waals surface area contributed by atoms with Crippen molar-refractivity contribution >= 4 is 34.0 Å². The fourth-order valence-electron chi connectivity index (χ4n) is 3.00. The third-order valence-electron chi connectivity index (χ3n) is 4.53. The highest BCUT2D eigenvalue weighted by molar-refractivity contribution is 6.32. The lowest BCUT2D eigenvalue weighted by Gasteiger charge is -2.14. The Bertz CT molecular complexity index is 1110. The molecule has 0 saturated heterocycles. The van der Waals surface area contributed by atoms with E-state index in [4.69, 9.17) is 21.1 Å². The Labute approximate surface area is 173 Å². The third-order valence-corrected chi connectivity index (χ3v) is 4.82. The first-order valence-corrected chi connectivity index (χ1v) is 9.60. The van der Waals surface area contributed by atoms with Crippen LogP contribution in [0.2, 0.25) is 5.02 Å². The maximum atomic E-state index is 13.1. The van der Waals surface area contributed by atoms with Crippen molar-refractivity contribution in [1.82, 2.24) is 9.78 Å². The molecule has 1 aromatic heterocycles. The molecule has 152 valence electrons. The number of amides is 1. The smallest absolute Gasteiger partial charge is 0.276 e. The molecule has 3 aromatic rings. The van der Waals surface area contributed by atoms with E-state index >= 15 is 0 Å². The van der Waals surface area contributed by atoms with Gasteiger partial charge in [0.05, 0.1) is 30.3 Å². The second kappa shape index (κ2) is 8.96. The standard InChI is InChI=1S/C21H22ClN3O4/c1-4-5-10-25-21(27)14-9-7-6-8-13(14)19(24-25)20(26)23-16-11-15(22)17(28-2)12-18(16)29-3/h6-9,11-12H,4-5,10H2,1-3H3,(H,23,26). The van der Waals surface area contributed by atoms with E-state index in [1.54, 1.807) is 36.4 Å². The van der Waals surface area contributed by atoms with Crippen LogP contribution in [0, 0.1) is 0 Å². The number of aromatic nitrogens is 2. The fraction of sp³-hybridized carbons (Fsp3) is 0.286. The summed E-state index contributed by atoms with van der Waals surface area (Å²) in [5.74, 6) is 0.354. The second-order valence-corrected chi connectivity index (χ2v) is 6.82. The lowest BCUT2D eigenvalue weighted by atomic mass is 10.1. The molecule has 2 aromatic carbocycles. The SMILES string of the molecule is CCCCn1nc(C(=O)Nc2cc(Cl)c(OC)cc2OC)c2ccccc2c1=O. The average Bonchev–Trinajstić information content (AvgIpc) is 2.73. The van der Waals surface area contributed by atoms with Crippen LogP contribution in [-0.2, 0) is 6.54 Å². The molecule has 0 aliphatic heterocycles. The molecule has 0 fully saturated rings. The van der Waals surface area contributed by atoms with Gasteiger partial charge in [0.25, 0.3) is 11.5 Å². The van der Waals surface area contributed by atoms with Gasteiger partial charge in [-0.25, -0.2) is 4.68 Å². The van der Waals surface area contributed by atoms with Crippen molar-refractivity contribution in [2.24, 2.45) is 0 Å². The van der Waals surface area contributed by atoms with Gasteiger partial charge in [-0.15, -0.1) is 0 Å². The molecular weight excluding hydrogens is 394 g/mol. The van der Waals surface area contributed by atoms with Crippen molar-refractivity contribution in [2.75, 3.05) is 19.5 Å². The molecule has 0 saturated carbocycles. The van der Waals surface area contributed by atoms with E-state index < -0.39 is 5.91 Å². The van der Waals surface area contributed by atoms with Gasteiger partial charge in [0.2, 0.25) is 0 Å². The van der Waals surface area contributed by atoms with Crippen molar-refractivity contribution in [3.8, 4) is 11.5 Å². The number of benzene rings is 2. The summed E-state index contributed by atoms with van der Waals surface area (Å²) < 4.78 is 11.9. The molecule has 0 aliphatic carbocycles. The predicted octanol–water partition coefficient (Wildman–Crippen LogP) is 4.12. The Hall–Kier alpha value is -3.06. The van der Waals surface area contributed by atoms with E-state index in [9.17, 15) is 9.59 Å². The number of carbonyl (C=O) groups is 1. The lowest BCUT2D eigenvalue weighted by Crippen LogP contribution is -2.27. The molecule has 0 atom stereocenters. The van der Waals surface area contributed by atoms with Gasteiger partial charge in [-0.1, -0.05) is 43.1 Å². The number of aryl methyl sites for hydroxylation is 1. The topological polar surface area (TPSA) is 82.5 Å². The van der Waals surface area contributed by atoms with Crippen molar-refractivity contribution in [1.29, 1.82) is 0 Å². The van der Waals surface area contributed by atoms with E-state index in [0.717, 1.165) is 12.8 Å². The Morgan fingerprint density at radius 2 is 1.83 bits per heavy atom. The molecule has 29 heavy (non-hydrogen) atoms. The Kier molecular flexibility index (Phi) is 6.39. The van der Waals surface area contributed by atoms with Gasteiger partial charge in [-0.05, 0) is 18.6 Å². The van der Waals surface area contributed by atoms with E-state index in [1.165, 1.54) is 18.9 Å². The molecular formula is C21H22ClN3O4. The van der Waals surface area contributed by atoms with Crippen LogP contribution < -0.4 is 20.3 Å². The molecule has 0 spiro atoms.